The number of hydrogen-bond acceptors (Lipinski definition) is 0. The largest absolute Gasteiger partial charge is 0.0853 e. The molecule has 3 saturated carbocycles. The van der Waals surface area contributed by atoms with Crippen LogP contribution in [0.25, 0.3) is 0 Å². The van der Waals surface area contributed by atoms with E-state index < -0.39 is 0 Å². The van der Waals surface area contributed by atoms with Crippen molar-refractivity contribution < 1.29 is 0 Å². The molecule has 0 aliphatic heterocycles. The molecule has 0 heterocycles. The van der Waals surface area contributed by atoms with Gasteiger partial charge in [-0.2, -0.15) is 0 Å². The molecular formula is C15H26. The van der Waals surface area contributed by atoms with Gasteiger partial charge in [0.2, 0.25) is 0 Å². The van der Waals surface area contributed by atoms with Gasteiger partial charge in [-0.15, -0.1) is 0 Å². The predicted molar refractivity (Wildman–Crippen MR) is 66.8 cm³/mol. The second kappa shape index (κ2) is 3.37. The monoisotopic (exact) mass is 206 g/mol. The van der Waals surface area contributed by atoms with E-state index in [0.29, 0.717) is 10.8 Å². The van der Waals surface area contributed by atoms with Crippen molar-refractivity contribution in [3.8, 4) is 0 Å². The van der Waals surface area contributed by atoms with Crippen molar-refractivity contribution in [1.29, 1.82) is 0 Å². The maximum Gasteiger partial charge on any atom is -0.0181 e. The lowest BCUT2D eigenvalue weighted by Crippen LogP contribution is -2.61. The van der Waals surface area contributed by atoms with E-state index in [4.69, 9.17) is 0 Å². The van der Waals surface area contributed by atoms with Gasteiger partial charge in [-0.05, 0) is 62.2 Å². The van der Waals surface area contributed by atoms with Gasteiger partial charge in [0.15, 0.2) is 0 Å². The van der Waals surface area contributed by atoms with Crippen LogP contribution in [0.2, 0.25) is 0 Å². The zero-order valence-electron chi connectivity index (χ0n) is 11.1. The first kappa shape index (κ1) is 11.2. The van der Waals surface area contributed by atoms with Gasteiger partial charge in [-0.3, -0.25) is 0 Å². The van der Waals surface area contributed by atoms with Gasteiger partial charge in [-0.1, -0.05) is 32.4 Å². The fourth-order valence-corrected chi connectivity index (χ4v) is 4.19. The Bertz CT molecular complexity index is 280. The molecule has 86 valence electrons. The highest BCUT2D eigenvalue weighted by atomic mass is 14.7. The van der Waals surface area contributed by atoms with Crippen LogP contribution < -0.4 is 0 Å². The average Bonchev–Trinajstić information content (AvgIpc) is 2.15. The first-order valence-corrected chi connectivity index (χ1v) is 6.53. The Morgan fingerprint density at radius 2 is 1.93 bits per heavy atom. The molecule has 0 heteroatoms. The number of hydrogen-bond donors (Lipinski definition) is 0. The lowest BCUT2D eigenvalue weighted by atomic mass is 9.36. The third-order valence-electron chi connectivity index (χ3n) is 5.68. The Balaban J connectivity index is 2.21. The van der Waals surface area contributed by atoms with Crippen LogP contribution in [0.5, 0.6) is 0 Å². The van der Waals surface area contributed by atoms with E-state index in [9.17, 15) is 0 Å². The van der Waals surface area contributed by atoms with Crippen LogP contribution in [-0.2, 0) is 0 Å². The fraction of sp³-hybridized carbons (Fsp3) is 0.867. The summed E-state index contributed by atoms with van der Waals surface area (Å²) in [6.45, 7) is 12.0. The minimum atomic E-state index is 0.594. The molecule has 0 amide bonds. The quantitative estimate of drug-likeness (QED) is 0.569. The first-order chi connectivity index (χ1) is 6.90. The topological polar surface area (TPSA) is 0 Å². The molecule has 3 rings (SSSR count). The lowest BCUT2D eigenvalue weighted by Gasteiger charge is -2.69. The summed E-state index contributed by atoms with van der Waals surface area (Å²) in [6.07, 6.45) is 8.22. The number of rotatable bonds is 2. The van der Waals surface area contributed by atoms with E-state index in [-0.39, 0.29) is 0 Å². The SMILES string of the molecule is CC(C)=CCC12CC(CCC1C)C2(C)C. The van der Waals surface area contributed by atoms with Crippen molar-refractivity contribution in [1.82, 2.24) is 0 Å². The molecule has 0 nitrogen and oxygen atoms in total. The molecule has 0 N–H and O–H groups in total. The van der Waals surface area contributed by atoms with E-state index in [1.54, 1.807) is 0 Å². The minimum absolute atomic E-state index is 0.594. The highest BCUT2D eigenvalue weighted by molar-refractivity contribution is 5.15. The van der Waals surface area contributed by atoms with Crippen molar-refractivity contribution >= 4 is 0 Å². The van der Waals surface area contributed by atoms with Gasteiger partial charge in [0, 0.05) is 0 Å². The van der Waals surface area contributed by atoms with Crippen LogP contribution in [0.4, 0.5) is 0 Å². The standard InChI is InChI=1S/C15H26/c1-11(2)8-9-15-10-13(14(15,4)5)7-6-12(15)3/h8,12-13H,6-7,9-10H2,1-5H3. The molecule has 3 unspecified atom stereocenters. The molecule has 3 aliphatic carbocycles. The summed E-state index contributed by atoms with van der Waals surface area (Å²) in [6, 6.07) is 0. The van der Waals surface area contributed by atoms with Crippen LogP contribution >= 0.6 is 0 Å². The Morgan fingerprint density at radius 1 is 1.27 bits per heavy atom. The summed E-state index contributed by atoms with van der Waals surface area (Å²) < 4.78 is 0. The van der Waals surface area contributed by atoms with Crippen molar-refractivity contribution in [2.45, 2.75) is 60.3 Å². The second-order valence-electron chi connectivity index (χ2n) is 6.74. The van der Waals surface area contributed by atoms with Crippen molar-refractivity contribution in [3.63, 3.8) is 0 Å². The lowest BCUT2D eigenvalue weighted by molar-refractivity contribution is -0.192. The molecule has 0 radical (unpaired) electrons. The van der Waals surface area contributed by atoms with Crippen LogP contribution in [-0.4, -0.2) is 0 Å². The normalized spacial score (nSPS) is 41.9. The molecule has 15 heavy (non-hydrogen) atoms. The third-order valence-corrected chi connectivity index (χ3v) is 5.68. The molecule has 2 bridgehead atoms. The zero-order valence-corrected chi connectivity index (χ0v) is 11.1. The molecule has 0 aromatic carbocycles. The Morgan fingerprint density at radius 3 is 2.40 bits per heavy atom. The molecule has 3 aliphatic rings. The summed E-state index contributed by atoms with van der Waals surface area (Å²) in [5, 5.41) is 0. The van der Waals surface area contributed by atoms with Crippen LogP contribution in [0.1, 0.15) is 60.3 Å². The summed E-state index contributed by atoms with van der Waals surface area (Å²) in [4.78, 5) is 0. The smallest absolute Gasteiger partial charge is 0.0181 e. The summed E-state index contributed by atoms with van der Waals surface area (Å²) >= 11 is 0. The van der Waals surface area contributed by atoms with Crippen molar-refractivity contribution in [2.24, 2.45) is 22.7 Å². The summed E-state index contributed by atoms with van der Waals surface area (Å²) in [7, 11) is 0. The van der Waals surface area contributed by atoms with E-state index in [1.165, 1.54) is 31.3 Å². The van der Waals surface area contributed by atoms with Crippen molar-refractivity contribution in [3.05, 3.63) is 11.6 Å². The fourth-order valence-electron chi connectivity index (χ4n) is 4.19. The highest BCUT2D eigenvalue weighted by Crippen LogP contribution is 2.71. The Hall–Kier alpha value is -0.260. The average molecular weight is 206 g/mol. The molecule has 3 atom stereocenters. The Labute approximate surface area is 95.1 Å². The molecule has 3 fully saturated rings. The van der Waals surface area contributed by atoms with Gasteiger partial charge in [0.25, 0.3) is 0 Å². The Kier molecular flexibility index (Phi) is 2.52. The van der Waals surface area contributed by atoms with Gasteiger partial charge >= 0.3 is 0 Å². The van der Waals surface area contributed by atoms with Crippen LogP contribution in [0.3, 0.4) is 0 Å². The van der Waals surface area contributed by atoms with E-state index in [0.717, 1.165) is 11.8 Å². The second-order valence-corrected chi connectivity index (χ2v) is 6.74. The molecule has 0 spiro atoms. The number of allylic oxidation sites excluding steroid dienone is 2. The maximum absolute atomic E-state index is 2.51. The zero-order chi connectivity index (χ0) is 11.3. The van der Waals surface area contributed by atoms with E-state index in [1.807, 2.05) is 0 Å². The van der Waals surface area contributed by atoms with Crippen LogP contribution in [0.15, 0.2) is 11.6 Å². The van der Waals surface area contributed by atoms with E-state index in [2.05, 4.69) is 40.7 Å². The third kappa shape index (κ3) is 1.40. The highest BCUT2D eigenvalue weighted by Gasteiger charge is 2.63. The van der Waals surface area contributed by atoms with Gasteiger partial charge in [0.1, 0.15) is 0 Å². The van der Waals surface area contributed by atoms with Gasteiger partial charge in [-0.25, -0.2) is 0 Å². The molecule has 0 saturated heterocycles. The summed E-state index contributed by atoms with van der Waals surface area (Å²) in [5.74, 6) is 1.94. The van der Waals surface area contributed by atoms with Gasteiger partial charge in [0.05, 0.1) is 0 Å². The van der Waals surface area contributed by atoms with E-state index >= 15 is 0 Å². The summed E-state index contributed by atoms with van der Waals surface area (Å²) in [5.41, 5.74) is 2.71. The van der Waals surface area contributed by atoms with Gasteiger partial charge < -0.3 is 0 Å². The molecule has 0 aromatic heterocycles. The first-order valence-electron chi connectivity index (χ1n) is 6.53. The molecular weight excluding hydrogens is 180 g/mol. The van der Waals surface area contributed by atoms with Crippen LogP contribution in [0, 0.1) is 22.7 Å². The maximum atomic E-state index is 2.51. The minimum Gasteiger partial charge on any atom is -0.0853 e. The number of fused-ring (bicyclic) bond motifs is 2. The predicted octanol–water partition coefficient (Wildman–Crippen LogP) is 4.81. The van der Waals surface area contributed by atoms with Crippen molar-refractivity contribution in [2.75, 3.05) is 0 Å². The molecule has 0 aromatic rings.